The van der Waals surface area contributed by atoms with Gasteiger partial charge in [0.1, 0.15) is 6.61 Å². The van der Waals surface area contributed by atoms with Crippen molar-refractivity contribution in [1.82, 2.24) is 0 Å². The van der Waals surface area contributed by atoms with Crippen molar-refractivity contribution in [2.75, 3.05) is 6.61 Å². The molecule has 70 valence electrons. The van der Waals surface area contributed by atoms with Gasteiger partial charge in [-0.2, -0.15) is 5.26 Å². The molecular formula is C10H13NO2. The van der Waals surface area contributed by atoms with E-state index in [9.17, 15) is 4.79 Å². The van der Waals surface area contributed by atoms with E-state index in [0.29, 0.717) is 19.4 Å². The highest BCUT2D eigenvalue weighted by atomic mass is 16.5. The fraction of sp³-hybridized carbons (Fsp3) is 0.600. The number of carbonyl (C=O) groups is 1. The molecule has 0 saturated carbocycles. The van der Waals surface area contributed by atoms with Crippen molar-refractivity contribution in [2.24, 2.45) is 0 Å². The molecule has 0 aliphatic carbocycles. The second kappa shape index (κ2) is 8.62. The van der Waals surface area contributed by atoms with Crippen molar-refractivity contribution in [2.45, 2.75) is 32.6 Å². The highest BCUT2D eigenvalue weighted by molar-refractivity contribution is 5.65. The van der Waals surface area contributed by atoms with Crippen LogP contribution in [0.4, 0.5) is 0 Å². The van der Waals surface area contributed by atoms with Gasteiger partial charge in [-0.25, -0.2) is 0 Å². The van der Waals surface area contributed by atoms with Gasteiger partial charge in [-0.3, -0.25) is 4.79 Å². The molecule has 3 nitrogen and oxygen atoms in total. The molecule has 3 heteroatoms. The molecular weight excluding hydrogens is 166 g/mol. The number of hydrogen-bond acceptors (Lipinski definition) is 3. The SMILES string of the molecule is CC(=O)OCCC#CCCCC#N. The lowest BCUT2D eigenvalue weighted by molar-refractivity contribution is -0.140. The smallest absolute Gasteiger partial charge is 0.302 e. The van der Waals surface area contributed by atoms with Gasteiger partial charge >= 0.3 is 5.97 Å². The number of esters is 1. The van der Waals surface area contributed by atoms with Crippen LogP contribution >= 0.6 is 0 Å². The van der Waals surface area contributed by atoms with Gasteiger partial charge < -0.3 is 4.74 Å². The van der Waals surface area contributed by atoms with E-state index in [1.807, 2.05) is 6.07 Å². The fourth-order valence-corrected chi connectivity index (χ4v) is 0.678. The Morgan fingerprint density at radius 3 is 2.62 bits per heavy atom. The van der Waals surface area contributed by atoms with Crippen LogP contribution in [0.5, 0.6) is 0 Å². The van der Waals surface area contributed by atoms with Crippen LogP contribution in [-0.2, 0) is 9.53 Å². The van der Waals surface area contributed by atoms with Crippen molar-refractivity contribution in [3.63, 3.8) is 0 Å². The summed E-state index contributed by atoms with van der Waals surface area (Å²) in [5, 5.41) is 8.21. The Balaban J connectivity index is 3.21. The molecule has 0 atom stereocenters. The molecule has 0 aliphatic rings. The van der Waals surface area contributed by atoms with Gasteiger partial charge in [0.25, 0.3) is 0 Å². The third-order valence-electron chi connectivity index (χ3n) is 1.25. The first-order valence-electron chi connectivity index (χ1n) is 4.23. The molecule has 0 spiro atoms. The maximum Gasteiger partial charge on any atom is 0.302 e. The standard InChI is InChI=1S/C10H13NO2/c1-10(12)13-9-7-5-3-2-4-6-8-11/h2,4,6-7,9H2,1H3. The molecule has 0 amide bonds. The number of nitrogens with zero attached hydrogens (tertiary/aromatic N) is 1. The Kier molecular flexibility index (Phi) is 7.63. The van der Waals surface area contributed by atoms with E-state index >= 15 is 0 Å². The lowest BCUT2D eigenvalue weighted by Crippen LogP contribution is -1.98. The summed E-state index contributed by atoms with van der Waals surface area (Å²) in [6.07, 6.45) is 2.69. The first kappa shape index (κ1) is 11.5. The van der Waals surface area contributed by atoms with Crippen molar-refractivity contribution in [3.8, 4) is 17.9 Å². The van der Waals surface area contributed by atoms with Crippen LogP contribution in [0.25, 0.3) is 0 Å². The van der Waals surface area contributed by atoms with E-state index in [0.717, 1.165) is 12.8 Å². The second-order valence-electron chi connectivity index (χ2n) is 2.46. The van der Waals surface area contributed by atoms with Crippen LogP contribution in [0.15, 0.2) is 0 Å². The van der Waals surface area contributed by atoms with Crippen molar-refractivity contribution >= 4 is 5.97 Å². The summed E-state index contributed by atoms with van der Waals surface area (Å²) in [5.74, 6) is 5.49. The highest BCUT2D eigenvalue weighted by Gasteiger charge is 1.88. The van der Waals surface area contributed by atoms with E-state index in [1.165, 1.54) is 6.92 Å². The van der Waals surface area contributed by atoms with Crippen molar-refractivity contribution in [3.05, 3.63) is 0 Å². The lowest BCUT2D eigenvalue weighted by atomic mass is 10.2. The summed E-state index contributed by atoms with van der Waals surface area (Å²) in [4.78, 5) is 10.3. The predicted octanol–water partition coefficient (Wildman–Crippen LogP) is 1.64. The molecule has 0 unspecified atom stereocenters. The van der Waals surface area contributed by atoms with Crippen LogP contribution in [0, 0.1) is 23.2 Å². The Bertz CT molecular complexity index is 242. The quantitative estimate of drug-likeness (QED) is 0.374. The van der Waals surface area contributed by atoms with E-state index in [2.05, 4.69) is 16.6 Å². The minimum Gasteiger partial charge on any atom is -0.465 e. The van der Waals surface area contributed by atoms with E-state index in [4.69, 9.17) is 5.26 Å². The lowest BCUT2D eigenvalue weighted by Gasteiger charge is -1.94. The first-order valence-corrected chi connectivity index (χ1v) is 4.23. The Morgan fingerprint density at radius 2 is 2.00 bits per heavy atom. The summed E-state index contributed by atoms with van der Waals surface area (Å²) in [6, 6.07) is 2.05. The van der Waals surface area contributed by atoms with Crippen molar-refractivity contribution in [1.29, 1.82) is 5.26 Å². The molecule has 13 heavy (non-hydrogen) atoms. The molecule has 0 saturated heterocycles. The van der Waals surface area contributed by atoms with Gasteiger partial charge in [0, 0.05) is 26.2 Å². The largest absolute Gasteiger partial charge is 0.465 e. The van der Waals surface area contributed by atoms with E-state index in [-0.39, 0.29) is 5.97 Å². The molecule has 0 bridgehead atoms. The van der Waals surface area contributed by atoms with E-state index in [1.54, 1.807) is 0 Å². The van der Waals surface area contributed by atoms with Gasteiger partial charge in [-0.1, -0.05) is 5.92 Å². The maximum atomic E-state index is 10.3. The van der Waals surface area contributed by atoms with Crippen LogP contribution in [0.3, 0.4) is 0 Å². The molecule has 0 aromatic rings. The summed E-state index contributed by atoms with van der Waals surface area (Å²) in [5.41, 5.74) is 0. The molecule has 0 radical (unpaired) electrons. The zero-order valence-corrected chi connectivity index (χ0v) is 7.80. The van der Waals surface area contributed by atoms with Crippen LogP contribution in [0.2, 0.25) is 0 Å². The Morgan fingerprint density at radius 1 is 1.31 bits per heavy atom. The molecule has 0 N–H and O–H groups in total. The van der Waals surface area contributed by atoms with Gasteiger partial charge in [-0.15, -0.1) is 5.92 Å². The Labute approximate surface area is 78.7 Å². The summed E-state index contributed by atoms with van der Waals surface area (Å²) in [7, 11) is 0. The second-order valence-corrected chi connectivity index (χ2v) is 2.46. The molecule has 0 aromatic heterocycles. The third-order valence-corrected chi connectivity index (χ3v) is 1.25. The highest BCUT2D eigenvalue weighted by Crippen LogP contribution is 1.91. The summed E-state index contributed by atoms with van der Waals surface area (Å²) in [6.45, 7) is 1.74. The predicted molar refractivity (Wildman–Crippen MR) is 48.5 cm³/mol. The number of ether oxygens (including phenoxy) is 1. The number of rotatable bonds is 4. The van der Waals surface area contributed by atoms with E-state index < -0.39 is 0 Å². The van der Waals surface area contributed by atoms with Crippen molar-refractivity contribution < 1.29 is 9.53 Å². The summed E-state index contributed by atoms with van der Waals surface area (Å²) >= 11 is 0. The minimum absolute atomic E-state index is 0.272. The summed E-state index contributed by atoms with van der Waals surface area (Å²) < 4.78 is 4.68. The molecule has 0 fully saturated rings. The zero-order valence-electron chi connectivity index (χ0n) is 7.80. The average molecular weight is 179 g/mol. The number of carbonyl (C=O) groups excluding carboxylic acids is 1. The number of unbranched alkanes of at least 4 members (excludes halogenated alkanes) is 2. The van der Waals surface area contributed by atoms with Crippen LogP contribution < -0.4 is 0 Å². The van der Waals surface area contributed by atoms with Gasteiger partial charge in [-0.05, 0) is 6.42 Å². The maximum absolute atomic E-state index is 10.3. The van der Waals surface area contributed by atoms with Crippen LogP contribution in [0.1, 0.15) is 32.6 Å². The first-order chi connectivity index (χ1) is 6.27. The van der Waals surface area contributed by atoms with Gasteiger partial charge in [0.05, 0.1) is 6.07 Å². The zero-order chi connectivity index (χ0) is 9.94. The molecule has 0 aromatic carbocycles. The number of nitriles is 1. The third kappa shape index (κ3) is 10.5. The molecule has 0 rings (SSSR count). The minimum atomic E-state index is -0.272. The fourth-order valence-electron chi connectivity index (χ4n) is 0.678. The normalized spacial score (nSPS) is 8.00. The van der Waals surface area contributed by atoms with Gasteiger partial charge in [0.15, 0.2) is 0 Å². The molecule has 0 heterocycles. The molecule has 0 aliphatic heterocycles. The monoisotopic (exact) mass is 179 g/mol. The number of hydrogen-bond donors (Lipinski definition) is 0. The van der Waals surface area contributed by atoms with Crippen LogP contribution in [-0.4, -0.2) is 12.6 Å². The Hall–Kier alpha value is -1.48. The van der Waals surface area contributed by atoms with Gasteiger partial charge in [0.2, 0.25) is 0 Å². The average Bonchev–Trinajstić information content (AvgIpc) is 2.09. The topological polar surface area (TPSA) is 50.1 Å².